The van der Waals surface area contributed by atoms with Gasteiger partial charge in [-0.25, -0.2) is 0 Å². The number of hydrogen-bond acceptors (Lipinski definition) is 4. The lowest BCUT2D eigenvalue weighted by Gasteiger charge is -2.31. The fourth-order valence-electron chi connectivity index (χ4n) is 2.80. The molecule has 2 N–H and O–H groups in total. The van der Waals surface area contributed by atoms with Crippen LogP contribution in [0.2, 0.25) is 0 Å². The molecule has 1 atom stereocenters. The molecule has 1 unspecified atom stereocenters. The van der Waals surface area contributed by atoms with E-state index < -0.39 is 17.8 Å². The van der Waals surface area contributed by atoms with Crippen LogP contribution in [0.25, 0.3) is 0 Å². The van der Waals surface area contributed by atoms with Crippen LogP contribution in [-0.4, -0.2) is 47.3 Å². The number of nitrogens with zero attached hydrogens (tertiary/aromatic N) is 2. The number of β-amino-alcohol motifs (C(OH)–C–C–N with tert-alkyl or cyclic N) is 1. The van der Waals surface area contributed by atoms with Crippen molar-refractivity contribution in [3.05, 3.63) is 29.6 Å². The zero-order chi connectivity index (χ0) is 16.9. The lowest BCUT2D eigenvalue weighted by atomic mass is 9.99. The second-order valence-corrected chi connectivity index (χ2v) is 6.26. The van der Waals surface area contributed by atoms with Crippen LogP contribution in [0.5, 0.6) is 0 Å². The van der Waals surface area contributed by atoms with E-state index in [4.69, 9.17) is 0 Å². The number of nitrogens with one attached hydrogen (secondary N) is 1. The first-order valence-corrected chi connectivity index (χ1v) is 7.98. The van der Waals surface area contributed by atoms with Gasteiger partial charge in [0.25, 0.3) is 0 Å². The number of aliphatic hydroxyl groups is 1. The quantitative estimate of drug-likeness (QED) is 0.840. The Labute approximate surface area is 134 Å². The van der Waals surface area contributed by atoms with Gasteiger partial charge in [-0.1, -0.05) is 6.92 Å². The van der Waals surface area contributed by atoms with Crippen molar-refractivity contribution in [2.75, 3.05) is 26.2 Å². The fourth-order valence-corrected chi connectivity index (χ4v) is 2.80. The third-order valence-electron chi connectivity index (χ3n) is 4.21. The van der Waals surface area contributed by atoms with Gasteiger partial charge in [-0.15, -0.1) is 0 Å². The third kappa shape index (κ3) is 5.75. The number of hydrogen-bond donors (Lipinski definition) is 2. The number of likely N-dealkylation sites (tertiary alicyclic amines) is 1. The van der Waals surface area contributed by atoms with Gasteiger partial charge in [0.15, 0.2) is 0 Å². The molecule has 23 heavy (non-hydrogen) atoms. The molecule has 0 aromatic carbocycles. The second-order valence-electron chi connectivity index (χ2n) is 6.26. The zero-order valence-electron chi connectivity index (χ0n) is 13.3. The van der Waals surface area contributed by atoms with Crippen LogP contribution in [0, 0.1) is 5.92 Å². The summed E-state index contributed by atoms with van der Waals surface area (Å²) in [4.78, 5) is 5.99. The Morgan fingerprint density at radius 3 is 2.74 bits per heavy atom. The van der Waals surface area contributed by atoms with E-state index in [1.807, 2.05) is 0 Å². The first-order chi connectivity index (χ1) is 10.9. The minimum atomic E-state index is -4.41. The maximum atomic E-state index is 12.9. The fraction of sp³-hybridized carbons (Fsp3) is 0.688. The van der Waals surface area contributed by atoms with E-state index in [9.17, 15) is 18.3 Å². The molecule has 0 saturated carbocycles. The van der Waals surface area contributed by atoms with Crippen LogP contribution in [0.15, 0.2) is 18.3 Å². The van der Waals surface area contributed by atoms with Gasteiger partial charge in [-0.05, 0) is 44.0 Å². The third-order valence-corrected chi connectivity index (χ3v) is 4.21. The SMILES string of the molecule is CC1CCN(CC(O)CNCc2ncccc2C(F)(F)F)CC1. The molecular weight excluding hydrogens is 307 g/mol. The van der Waals surface area contributed by atoms with E-state index in [1.165, 1.54) is 12.3 Å². The van der Waals surface area contributed by atoms with Gasteiger partial charge in [0.1, 0.15) is 0 Å². The number of halogens is 3. The van der Waals surface area contributed by atoms with Gasteiger partial charge in [0, 0.05) is 25.8 Å². The Balaban J connectivity index is 1.77. The lowest BCUT2D eigenvalue weighted by molar-refractivity contribution is -0.138. The minimum Gasteiger partial charge on any atom is -0.390 e. The maximum absolute atomic E-state index is 12.9. The number of pyridine rings is 1. The van der Waals surface area contributed by atoms with Crippen LogP contribution in [-0.2, 0) is 12.7 Å². The van der Waals surface area contributed by atoms with E-state index in [1.54, 1.807) is 0 Å². The monoisotopic (exact) mass is 331 g/mol. The van der Waals surface area contributed by atoms with E-state index in [0.717, 1.165) is 37.9 Å². The summed E-state index contributed by atoms with van der Waals surface area (Å²) in [7, 11) is 0. The molecule has 1 aromatic heterocycles. The highest BCUT2D eigenvalue weighted by atomic mass is 19.4. The highest BCUT2D eigenvalue weighted by Crippen LogP contribution is 2.30. The normalized spacial score (nSPS) is 19.0. The van der Waals surface area contributed by atoms with Crippen LogP contribution in [0.4, 0.5) is 13.2 Å². The zero-order valence-corrected chi connectivity index (χ0v) is 13.3. The van der Waals surface area contributed by atoms with E-state index in [0.29, 0.717) is 6.54 Å². The molecule has 1 aliphatic rings. The Kier molecular flexibility index (Phi) is 6.38. The van der Waals surface area contributed by atoms with Crippen molar-refractivity contribution >= 4 is 0 Å². The smallest absolute Gasteiger partial charge is 0.390 e. The van der Waals surface area contributed by atoms with Crippen LogP contribution < -0.4 is 5.32 Å². The van der Waals surface area contributed by atoms with Crippen molar-refractivity contribution in [1.29, 1.82) is 0 Å². The summed E-state index contributed by atoms with van der Waals surface area (Å²) in [5.41, 5.74) is -0.772. The average Bonchev–Trinajstić information content (AvgIpc) is 2.49. The highest BCUT2D eigenvalue weighted by molar-refractivity contribution is 5.22. The van der Waals surface area contributed by atoms with Crippen LogP contribution in [0.1, 0.15) is 31.0 Å². The Bertz CT molecular complexity index is 488. The summed E-state index contributed by atoms with van der Waals surface area (Å²) in [6.45, 7) is 4.95. The molecule has 0 amide bonds. The van der Waals surface area contributed by atoms with Gasteiger partial charge in [-0.3, -0.25) is 4.98 Å². The molecule has 0 spiro atoms. The molecule has 7 heteroatoms. The van der Waals surface area contributed by atoms with Crippen molar-refractivity contribution in [3.8, 4) is 0 Å². The van der Waals surface area contributed by atoms with Crippen molar-refractivity contribution in [2.45, 2.75) is 38.6 Å². The summed E-state index contributed by atoms with van der Waals surface area (Å²) >= 11 is 0. The molecule has 2 heterocycles. The maximum Gasteiger partial charge on any atom is 0.418 e. The first-order valence-electron chi connectivity index (χ1n) is 7.98. The van der Waals surface area contributed by atoms with Crippen molar-refractivity contribution in [3.63, 3.8) is 0 Å². The largest absolute Gasteiger partial charge is 0.418 e. The molecule has 2 rings (SSSR count). The molecule has 130 valence electrons. The van der Waals surface area contributed by atoms with Crippen LogP contribution in [0.3, 0.4) is 0 Å². The van der Waals surface area contributed by atoms with Crippen molar-refractivity contribution < 1.29 is 18.3 Å². The van der Waals surface area contributed by atoms with Crippen LogP contribution >= 0.6 is 0 Å². The molecule has 1 aromatic rings. The Hall–Kier alpha value is -1.18. The number of alkyl halides is 3. The molecule has 1 fully saturated rings. The van der Waals surface area contributed by atoms with Gasteiger partial charge in [-0.2, -0.15) is 13.2 Å². The number of piperidine rings is 1. The molecule has 1 aliphatic heterocycles. The Morgan fingerprint density at radius 1 is 1.39 bits per heavy atom. The molecule has 0 aliphatic carbocycles. The number of aromatic nitrogens is 1. The molecule has 0 radical (unpaired) electrons. The summed E-state index contributed by atoms with van der Waals surface area (Å²) in [6, 6.07) is 2.30. The Morgan fingerprint density at radius 2 is 2.09 bits per heavy atom. The topological polar surface area (TPSA) is 48.4 Å². The van der Waals surface area contributed by atoms with Gasteiger partial charge in [0.2, 0.25) is 0 Å². The van der Waals surface area contributed by atoms with E-state index >= 15 is 0 Å². The summed E-state index contributed by atoms with van der Waals surface area (Å²) in [5.74, 6) is 0.728. The lowest BCUT2D eigenvalue weighted by Crippen LogP contribution is -2.41. The van der Waals surface area contributed by atoms with Gasteiger partial charge < -0.3 is 15.3 Å². The summed E-state index contributed by atoms with van der Waals surface area (Å²) < 4.78 is 38.6. The average molecular weight is 331 g/mol. The van der Waals surface area contributed by atoms with Crippen molar-refractivity contribution in [1.82, 2.24) is 15.2 Å². The first kappa shape index (κ1) is 18.2. The summed E-state index contributed by atoms with van der Waals surface area (Å²) in [6.07, 6.45) is -1.40. The van der Waals surface area contributed by atoms with E-state index in [-0.39, 0.29) is 18.8 Å². The number of rotatable bonds is 6. The number of aliphatic hydroxyl groups excluding tert-OH is 1. The van der Waals surface area contributed by atoms with E-state index in [2.05, 4.69) is 22.1 Å². The minimum absolute atomic E-state index is 0.0101. The molecule has 4 nitrogen and oxygen atoms in total. The highest BCUT2D eigenvalue weighted by Gasteiger charge is 2.33. The molecule has 0 bridgehead atoms. The predicted molar refractivity (Wildman–Crippen MR) is 81.8 cm³/mol. The molecule has 1 saturated heterocycles. The second kappa shape index (κ2) is 8.08. The standard InChI is InChI=1S/C16H24F3N3O/c1-12-4-7-22(8-5-12)11-13(23)9-20-10-15-14(16(17,18)19)3-2-6-21-15/h2-3,6,12-13,20,23H,4-5,7-11H2,1H3. The van der Waals surface area contributed by atoms with Gasteiger partial charge >= 0.3 is 6.18 Å². The predicted octanol–water partition coefficient (Wildman–Crippen LogP) is 2.28. The van der Waals surface area contributed by atoms with Crippen molar-refractivity contribution in [2.24, 2.45) is 5.92 Å². The van der Waals surface area contributed by atoms with Gasteiger partial charge in [0.05, 0.1) is 17.4 Å². The summed E-state index contributed by atoms with van der Waals surface area (Å²) in [5, 5.41) is 12.9. The molecular formula is C16H24F3N3O.